The first kappa shape index (κ1) is 23.5. The van der Waals surface area contributed by atoms with Crippen molar-refractivity contribution in [3.63, 3.8) is 0 Å². The molecule has 1 aliphatic rings. The van der Waals surface area contributed by atoms with Crippen molar-refractivity contribution < 1.29 is 14.3 Å². The first-order valence-corrected chi connectivity index (χ1v) is 11.7. The number of benzene rings is 1. The van der Waals surface area contributed by atoms with E-state index in [9.17, 15) is 9.59 Å². The van der Waals surface area contributed by atoms with E-state index in [1.165, 1.54) is 11.8 Å². The van der Waals surface area contributed by atoms with E-state index < -0.39 is 0 Å². The van der Waals surface area contributed by atoms with Crippen LogP contribution in [-0.4, -0.2) is 52.4 Å². The molecule has 0 bridgehead atoms. The van der Waals surface area contributed by atoms with Crippen LogP contribution in [-0.2, 0) is 27.3 Å². The number of fused-ring (bicyclic) bond motifs is 1. The number of hydrogen-bond donors (Lipinski definition) is 1. The van der Waals surface area contributed by atoms with Crippen molar-refractivity contribution in [3.05, 3.63) is 40.4 Å². The Morgan fingerprint density at radius 3 is 2.81 bits per heavy atom. The summed E-state index contributed by atoms with van der Waals surface area (Å²) in [4.78, 5) is 27.7. The zero-order chi connectivity index (χ0) is 22.5. The van der Waals surface area contributed by atoms with E-state index in [0.717, 1.165) is 28.5 Å². The molecular weight excluding hydrogens is 430 g/mol. The predicted octanol–water partition coefficient (Wildman–Crippen LogP) is 3.82. The summed E-state index contributed by atoms with van der Waals surface area (Å²) in [5.74, 6) is 0.218. The lowest BCUT2D eigenvalue weighted by Gasteiger charge is -2.16. The molecule has 6 nitrogen and oxygen atoms in total. The predicted molar refractivity (Wildman–Crippen MR) is 131 cm³/mol. The number of carbonyl (C=O) groups excluding carboxylic acids is 2. The Kier molecular flexibility index (Phi) is 7.91. The number of carbonyl (C=O) groups is 2. The molecule has 0 saturated carbocycles. The van der Waals surface area contributed by atoms with Crippen molar-refractivity contribution in [2.45, 2.75) is 33.7 Å². The van der Waals surface area contributed by atoms with Crippen molar-refractivity contribution >= 4 is 57.1 Å². The fourth-order valence-electron chi connectivity index (χ4n) is 3.66. The third-order valence-corrected chi connectivity index (χ3v) is 6.42. The molecule has 31 heavy (non-hydrogen) atoms. The molecule has 2 heterocycles. The van der Waals surface area contributed by atoms with Crippen LogP contribution in [0.15, 0.2) is 29.3 Å². The van der Waals surface area contributed by atoms with Crippen molar-refractivity contribution in [1.29, 1.82) is 0 Å². The first-order chi connectivity index (χ1) is 14.8. The Bertz CT molecular complexity index is 1030. The minimum atomic E-state index is -0.0744. The highest BCUT2D eigenvalue weighted by atomic mass is 32.2. The Morgan fingerprint density at radius 1 is 1.35 bits per heavy atom. The number of methoxy groups -OCH3 is 1. The number of aryl methyl sites for hydroxylation is 1. The molecule has 2 amide bonds. The van der Waals surface area contributed by atoms with Crippen LogP contribution in [0.25, 0.3) is 17.0 Å². The highest BCUT2D eigenvalue weighted by molar-refractivity contribution is 8.26. The molecule has 0 aliphatic carbocycles. The Balaban J connectivity index is 1.96. The minimum absolute atomic E-state index is 0.0476. The normalized spacial score (nSPS) is 15.6. The van der Waals surface area contributed by atoms with E-state index in [1.54, 1.807) is 12.0 Å². The SMILES string of the molecule is CCc1cccc2c(/C=C3\SC(=S)N(CC(C)C)C3=O)cn(CC(=O)NCCOC)c12. The molecule has 0 unspecified atom stereocenters. The number of hydrogen-bond acceptors (Lipinski definition) is 5. The molecule has 3 rings (SSSR count). The molecular formula is C23H29N3O3S2. The number of ether oxygens (including phenoxy) is 1. The lowest BCUT2D eigenvalue weighted by Crippen LogP contribution is -2.31. The number of thiocarbonyl (C=S) groups is 1. The lowest BCUT2D eigenvalue weighted by atomic mass is 10.1. The van der Waals surface area contributed by atoms with Crippen LogP contribution in [0.2, 0.25) is 0 Å². The quantitative estimate of drug-likeness (QED) is 0.351. The number of thioether (sulfide) groups is 1. The number of rotatable bonds is 9. The van der Waals surface area contributed by atoms with E-state index in [4.69, 9.17) is 17.0 Å². The van der Waals surface area contributed by atoms with Crippen LogP contribution < -0.4 is 5.32 Å². The summed E-state index contributed by atoms with van der Waals surface area (Å²) in [6, 6.07) is 6.13. The summed E-state index contributed by atoms with van der Waals surface area (Å²) >= 11 is 6.78. The topological polar surface area (TPSA) is 63.6 Å². The van der Waals surface area contributed by atoms with E-state index in [1.807, 2.05) is 29.0 Å². The van der Waals surface area contributed by atoms with Crippen LogP contribution >= 0.6 is 24.0 Å². The van der Waals surface area contributed by atoms with Gasteiger partial charge < -0.3 is 14.6 Å². The van der Waals surface area contributed by atoms with E-state index >= 15 is 0 Å². The second kappa shape index (κ2) is 10.4. The molecule has 0 radical (unpaired) electrons. The van der Waals surface area contributed by atoms with E-state index in [2.05, 4.69) is 32.2 Å². The molecule has 2 aromatic rings. The molecule has 8 heteroatoms. The van der Waals surface area contributed by atoms with Gasteiger partial charge in [-0.3, -0.25) is 14.5 Å². The Hall–Kier alpha value is -2.16. The van der Waals surface area contributed by atoms with Gasteiger partial charge in [0, 0.05) is 37.3 Å². The van der Waals surface area contributed by atoms with Gasteiger partial charge in [0.25, 0.3) is 5.91 Å². The second-order valence-corrected chi connectivity index (χ2v) is 9.58. The number of aromatic nitrogens is 1. The average molecular weight is 460 g/mol. The number of nitrogens with one attached hydrogen (secondary N) is 1. The van der Waals surface area contributed by atoms with Gasteiger partial charge >= 0.3 is 0 Å². The highest BCUT2D eigenvalue weighted by Gasteiger charge is 2.32. The molecule has 1 aliphatic heterocycles. The number of para-hydroxylation sites is 1. The van der Waals surface area contributed by atoms with Gasteiger partial charge in [-0.2, -0.15) is 0 Å². The van der Waals surface area contributed by atoms with Crippen LogP contribution in [0, 0.1) is 5.92 Å². The van der Waals surface area contributed by atoms with Crippen LogP contribution in [0.1, 0.15) is 31.9 Å². The number of nitrogens with zero attached hydrogens (tertiary/aromatic N) is 2. The Labute approximate surface area is 193 Å². The Morgan fingerprint density at radius 2 is 2.13 bits per heavy atom. The van der Waals surface area contributed by atoms with Gasteiger partial charge in [-0.05, 0) is 24.0 Å². The van der Waals surface area contributed by atoms with Gasteiger partial charge in [0.1, 0.15) is 10.9 Å². The third kappa shape index (κ3) is 5.37. The monoisotopic (exact) mass is 459 g/mol. The zero-order valence-electron chi connectivity index (χ0n) is 18.4. The summed E-state index contributed by atoms with van der Waals surface area (Å²) in [5, 5.41) is 3.90. The summed E-state index contributed by atoms with van der Waals surface area (Å²) in [6.07, 6.45) is 4.71. The second-order valence-electron chi connectivity index (χ2n) is 7.91. The van der Waals surface area contributed by atoms with Crippen LogP contribution in [0.4, 0.5) is 0 Å². The minimum Gasteiger partial charge on any atom is -0.383 e. The molecule has 0 atom stereocenters. The summed E-state index contributed by atoms with van der Waals surface area (Å²) in [7, 11) is 1.61. The molecule has 166 valence electrons. The lowest BCUT2D eigenvalue weighted by molar-refractivity contribution is -0.123. The fraction of sp³-hybridized carbons (Fsp3) is 0.435. The van der Waals surface area contributed by atoms with Gasteiger partial charge in [0.15, 0.2) is 0 Å². The summed E-state index contributed by atoms with van der Waals surface area (Å²) in [6.45, 7) is 8.01. The van der Waals surface area contributed by atoms with Crippen molar-refractivity contribution in [1.82, 2.24) is 14.8 Å². The standard InChI is InChI=1S/C23H29N3O3S2/c1-5-16-7-6-8-18-17(11-19-22(28)26(12-15(2)3)23(30)31-19)13-25(21(16)18)14-20(27)24-9-10-29-4/h6-8,11,13,15H,5,9-10,12,14H2,1-4H3,(H,24,27)/b19-11-. The molecule has 1 N–H and O–H groups in total. The average Bonchev–Trinajstić information content (AvgIpc) is 3.20. The van der Waals surface area contributed by atoms with E-state index in [0.29, 0.717) is 34.8 Å². The highest BCUT2D eigenvalue weighted by Crippen LogP contribution is 2.35. The van der Waals surface area contributed by atoms with Gasteiger partial charge in [0.2, 0.25) is 5.91 Å². The van der Waals surface area contributed by atoms with Crippen molar-refractivity contribution in [2.24, 2.45) is 5.92 Å². The van der Waals surface area contributed by atoms with E-state index in [-0.39, 0.29) is 18.4 Å². The van der Waals surface area contributed by atoms with Gasteiger partial charge in [-0.15, -0.1) is 0 Å². The smallest absolute Gasteiger partial charge is 0.266 e. The largest absolute Gasteiger partial charge is 0.383 e. The van der Waals surface area contributed by atoms with Crippen LogP contribution in [0.5, 0.6) is 0 Å². The number of amides is 2. The summed E-state index contributed by atoms with van der Waals surface area (Å²) in [5.41, 5.74) is 3.10. The zero-order valence-corrected chi connectivity index (χ0v) is 20.1. The maximum atomic E-state index is 12.9. The van der Waals surface area contributed by atoms with Gasteiger partial charge in [-0.25, -0.2) is 0 Å². The van der Waals surface area contributed by atoms with Gasteiger partial charge in [0.05, 0.1) is 17.0 Å². The maximum Gasteiger partial charge on any atom is 0.266 e. The fourth-order valence-corrected chi connectivity index (χ4v) is 4.92. The molecule has 0 spiro atoms. The molecule has 1 saturated heterocycles. The van der Waals surface area contributed by atoms with Crippen molar-refractivity contribution in [3.8, 4) is 0 Å². The maximum absolute atomic E-state index is 12.9. The van der Waals surface area contributed by atoms with Crippen molar-refractivity contribution in [2.75, 3.05) is 26.8 Å². The van der Waals surface area contributed by atoms with Crippen LogP contribution in [0.3, 0.4) is 0 Å². The third-order valence-electron chi connectivity index (χ3n) is 5.04. The van der Waals surface area contributed by atoms with Gasteiger partial charge in [-0.1, -0.05) is 63.0 Å². The molecule has 1 aromatic carbocycles. The summed E-state index contributed by atoms with van der Waals surface area (Å²) < 4.78 is 7.57. The molecule has 1 fully saturated rings. The first-order valence-electron chi connectivity index (χ1n) is 10.5. The molecule has 1 aromatic heterocycles.